The maximum Gasteiger partial charge on any atom is 0.161 e. The Balaban J connectivity index is 2.07. The number of benzene rings is 1. The van der Waals surface area contributed by atoms with E-state index < -0.39 is 0 Å². The average molecular weight is 235 g/mol. The number of hydrogen-bond donors (Lipinski definition) is 1. The molecule has 94 valence electrons. The Morgan fingerprint density at radius 1 is 1.24 bits per heavy atom. The van der Waals surface area contributed by atoms with Crippen LogP contribution in [-0.2, 0) is 6.42 Å². The molecular weight excluding hydrogens is 214 g/mol. The lowest BCUT2D eigenvalue weighted by Gasteiger charge is -2.12. The molecule has 1 aromatic rings. The minimum absolute atomic E-state index is 0.616. The summed E-state index contributed by atoms with van der Waals surface area (Å²) >= 11 is 0. The SMILES string of the molecule is CC(CCN)Cc1ccc2c(c1)OCCCO2. The van der Waals surface area contributed by atoms with E-state index in [1.54, 1.807) is 0 Å². The highest BCUT2D eigenvalue weighted by Gasteiger charge is 2.11. The Labute approximate surface area is 103 Å². The zero-order valence-corrected chi connectivity index (χ0v) is 10.4. The van der Waals surface area contributed by atoms with Crippen LogP contribution in [0.5, 0.6) is 11.5 Å². The fourth-order valence-electron chi connectivity index (χ4n) is 2.12. The molecule has 0 fully saturated rings. The molecule has 0 aromatic heterocycles. The smallest absolute Gasteiger partial charge is 0.161 e. The highest BCUT2D eigenvalue weighted by atomic mass is 16.5. The lowest BCUT2D eigenvalue weighted by Crippen LogP contribution is -2.08. The summed E-state index contributed by atoms with van der Waals surface area (Å²) in [5.41, 5.74) is 6.87. The molecule has 17 heavy (non-hydrogen) atoms. The Hall–Kier alpha value is -1.22. The Morgan fingerprint density at radius 3 is 2.76 bits per heavy atom. The predicted molar refractivity (Wildman–Crippen MR) is 68.6 cm³/mol. The van der Waals surface area contributed by atoms with Gasteiger partial charge < -0.3 is 15.2 Å². The fourth-order valence-corrected chi connectivity index (χ4v) is 2.12. The van der Waals surface area contributed by atoms with Crippen molar-refractivity contribution in [2.24, 2.45) is 11.7 Å². The monoisotopic (exact) mass is 235 g/mol. The summed E-state index contributed by atoms with van der Waals surface area (Å²) in [4.78, 5) is 0. The number of hydrogen-bond acceptors (Lipinski definition) is 3. The van der Waals surface area contributed by atoms with Crippen molar-refractivity contribution in [3.05, 3.63) is 23.8 Å². The highest BCUT2D eigenvalue weighted by molar-refractivity contribution is 5.43. The predicted octanol–water partition coefficient (Wildman–Crippen LogP) is 2.38. The molecule has 3 heteroatoms. The van der Waals surface area contributed by atoms with Gasteiger partial charge in [-0.05, 0) is 43.0 Å². The second-order valence-corrected chi connectivity index (χ2v) is 4.72. The van der Waals surface area contributed by atoms with E-state index in [1.165, 1.54) is 5.56 Å². The Morgan fingerprint density at radius 2 is 2.00 bits per heavy atom. The molecule has 1 atom stereocenters. The summed E-state index contributed by atoms with van der Waals surface area (Å²) in [6, 6.07) is 6.25. The van der Waals surface area contributed by atoms with E-state index in [0.717, 1.165) is 50.5 Å². The Bertz CT molecular complexity index is 365. The molecule has 0 aliphatic carbocycles. The molecule has 3 nitrogen and oxygen atoms in total. The third-order valence-electron chi connectivity index (χ3n) is 3.06. The van der Waals surface area contributed by atoms with Gasteiger partial charge in [-0.2, -0.15) is 0 Å². The van der Waals surface area contributed by atoms with Crippen molar-refractivity contribution < 1.29 is 9.47 Å². The van der Waals surface area contributed by atoms with Gasteiger partial charge >= 0.3 is 0 Å². The number of ether oxygens (including phenoxy) is 2. The van der Waals surface area contributed by atoms with Gasteiger partial charge in [0.05, 0.1) is 13.2 Å². The number of fused-ring (bicyclic) bond motifs is 1. The maximum absolute atomic E-state index is 5.68. The van der Waals surface area contributed by atoms with Crippen LogP contribution in [0, 0.1) is 5.92 Å². The van der Waals surface area contributed by atoms with Crippen LogP contribution < -0.4 is 15.2 Å². The molecule has 1 unspecified atom stereocenters. The van der Waals surface area contributed by atoms with E-state index in [1.807, 2.05) is 6.07 Å². The van der Waals surface area contributed by atoms with Gasteiger partial charge in [-0.15, -0.1) is 0 Å². The minimum atomic E-state index is 0.616. The van der Waals surface area contributed by atoms with Crippen LogP contribution in [0.1, 0.15) is 25.3 Å². The molecule has 0 bridgehead atoms. The first-order valence-electron chi connectivity index (χ1n) is 6.38. The van der Waals surface area contributed by atoms with Gasteiger partial charge in [0.15, 0.2) is 11.5 Å². The molecule has 1 aromatic carbocycles. The van der Waals surface area contributed by atoms with Crippen molar-refractivity contribution in [3.63, 3.8) is 0 Å². The number of rotatable bonds is 4. The molecule has 0 saturated carbocycles. The first kappa shape index (κ1) is 12.2. The van der Waals surface area contributed by atoms with E-state index in [-0.39, 0.29) is 0 Å². The van der Waals surface area contributed by atoms with Crippen molar-refractivity contribution in [1.82, 2.24) is 0 Å². The molecule has 0 spiro atoms. The first-order chi connectivity index (χ1) is 8.29. The molecule has 1 aliphatic rings. The van der Waals surface area contributed by atoms with Gasteiger partial charge in [-0.25, -0.2) is 0 Å². The molecule has 0 radical (unpaired) electrons. The first-order valence-corrected chi connectivity index (χ1v) is 6.38. The van der Waals surface area contributed by atoms with E-state index in [2.05, 4.69) is 19.1 Å². The quantitative estimate of drug-likeness (QED) is 0.871. The summed E-state index contributed by atoms with van der Waals surface area (Å²) in [7, 11) is 0. The Kier molecular flexibility index (Phi) is 4.26. The lowest BCUT2D eigenvalue weighted by atomic mass is 9.98. The third kappa shape index (κ3) is 3.37. The zero-order valence-electron chi connectivity index (χ0n) is 10.4. The van der Waals surface area contributed by atoms with E-state index in [0.29, 0.717) is 5.92 Å². The molecule has 1 heterocycles. The van der Waals surface area contributed by atoms with E-state index >= 15 is 0 Å². The van der Waals surface area contributed by atoms with Crippen LogP contribution in [0.25, 0.3) is 0 Å². The van der Waals surface area contributed by atoms with Gasteiger partial charge in [0.1, 0.15) is 0 Å². The number of nitrogens with two attached hydrogens (primary N) is 1. The summed E-state index contributed by atoms with van der Waals surface area (Å²) in [6.07, 6.45) is 3.07. The van der Waals surface area contributed by atoms with Gasteiger partial charge in [-0.1, -0.05) is 13.0 Å². The molecule has 1 aliphatic heterocycles. The van der Waals surface area contributed by atoms with Crippen molar-refractivity contribution in [2.45, 2.75) is 26.2 Å². The zero-order chi connectivity index (χ0) is 12.1. The molecule has 2 rings (SSSR count). The van der Waals surface area contributed by atoms with Crippen molar-refractivity contribution in [1.29, 1.82) is 0 Å². The van der Waals surface area contributed by atoms with Crippen molar-refractivity contribution >= 4 is 0 Å². The summed E-state index contributed by atoms with van der Waals surface area (Å²) in [5.74, 6) is 2.38. The maximum atomic E-state index is 5.68. The van der Waals surface area contributed by atoms with Gasteiger partial charge in [0, 0.05) is 6.42 Å². The van der Waals surface area contributed by atoms with Gasteiger partial charge in [0.25, 0.3) is 0 Å². The highest BCUT2D eigenvalue weighted by Crippen LogP contribution is 2.31. The van der Waals surface area contributed by atoms with Crippen LogP contribution in [0.15, 0.2) is 18.2 Å². The molecule has 2 N–H and O–H groups in total. The summed E-state index contributed by atoms with van der Waals surface area (Å²) < 4.78 is 11.3. The van der Waals surface area contributed by atoms with Crippen LogP contribution in [0.4, 0.5) is 0 Å². The van der Waals surface area contributed by atoms with Crippen LogP contribution in [-0.4, -0.2) is 19.8 Å². The fraction of sp³-hybridized carbons (Fsp3) is 0.571. The largest absolute Gasteiger partial charge is 0.490 e. The van der Waals surface area contributed by atoms with Crippen molar-refractivity contribution in [3.8, 4) is 11.5 Å². The molecule has 0 saturated heterocycles. The second-order valence-electron chi connectivity index (χ2n) is 4.72. The third-order valence-corrected chi connectivity index (χ3v) is 3.06. The molecular formula is C14H21NO2. The van der Waals surface area contributed by atoms with E-state index in [4.69, 9.17) is 15.2 Å². The normalized spacial score (nSPS) is 16.4. The van der Waals surface area contributed by atoms with Crippen LogP contribution >= 0.6 is 0 Å². The topological polar surface area (TPSA) is 44.5 Å². The second kappa shape index (κ2) is 5.92. The minimum Gasteiger partial charge on any atom is -0.490 e. The van der Waals surface area contributed by atoms with E-state index in [9.17, 15) is 0 Å². The van der Waals surface area contributed by atoms with Crippen LogP contribution in [0.2, 0.25) is 0 Å². The van der Waals surface area contributed by atoms with Crippen molar-refractivity contribution in [2.75, 3.05) is 19.8 Å². The standard InChI is InChI=1S/C14H21NO2/c1-11(5-6-15)9-12-3-4-13-14(10-12)17-8-2-7-16-13/h3-4,10-11H,2,5-9,15H2,1H3. The summed E-state index contributed by atoms with van der Waals surface area (Å²) in [6.45, 7) is 4.48. The molecule has 0 amide bonds. The average Bonchev–Trinajstić information content (AvgIpc) is 2.53. The summed E-state index contributed by atoms with van der Waals surface area (Å²) in [5, 5.41) is 0. The lowest BCUT2D eigenvalue weighted by molar-refractivity contribution is 0.297. The van der Waals surface area contributed by atoms with Crippen LogP contribution in [0.3, 0.4) is 0 Å². The van der Waals surface area contributed by atoms with Gasteiger partial charge in [-0.3, -0.25) is 0 Å². The van der Waals surface area contributed by atoms with Gasteiger partial charge in [0.2, 0.25) is 0 Å².